The fourth-order valence-corrected chi connectivity index (χ4v) is 2.64. The number of amides is 2. The van der Waals surface area contributed by atoms with Gasteiger partial charge in [-0.1, -0.05) is 12.1 Å². The fourth-order valence-electron chi connectivity index (χ4n) is 2.64. The molecule has 0 unspecified atom stereocenters. The second-order valence-corrected chi connectivity index (χ2v) is 6.28. The van der Waals surface area contributed by atoms with Gasteiger partial charge in [0.25, 0.3) is 5.91 Å². The van der Waals surface area contributed by atoms with Gasteiger partial charge in [0.15, 0.2) is 6.10 Å². The van der Waals surface area contributed by atoms with Crippen LogP contribution < -0.4 is 20.1 Å². The van der Waals surface area contributed by atoms with Crippen LogP contribution in [0.5, 0.6) is 11.5 Å². The molecule has 1 heterocycles. The van der Waals surface area contributed by atoms with E-state index < -0.39 is 6.10 Å². The summed E-state index contributed by atoms with van der Waals surface area (Å²) in [7, 11) is 0. The SMILES string of the molecule is Cc1cccc(OCCCC(=O)Nc2ccc3c(c2)NC(=O)[C@@H](C)O3)c1. The standard InChI is InChI=1S/C20H22N2O4/c1-13-5-3-6-16(11-13)25-10-4-7-19(23)21-15-8-9-18-17(12-15)22-20(24)14(2)26-18/h3,5-6,8-9,11-12,14H,4,7,10H2,1-2H3,(H,21,23)(H,22,24)/t14-/m1/s1. The summed E-state index contributed by atoms with van der Waals surface area (Å²) in [6.07, 6.45) is 0.446. The average molecular weight is 354 g/mol. The van der Waals surface area contributed by atoms with Crippen molar-refractivity contribution in [3.05, 3.63) is 48.0 Å². The first-order valence-electron chi connectivity index (χ1n) is 8.62. The van der Waals surface area contributed by atoms with E-state index in [4.69, 9.17) is 9.47 Å². The monoisotopic (exact) mass is 354 g/mol. The van der Waals surface area contributed by atoms with Crippen LogP contribution in [0.25, 0.3) is 0 Å². The number of carbonyl (C=O) groups excluding carboxylic acids is 2. The van der Waals surface area contributed by atoms with Crippen LogP contribution in [0.2, 0.25) is 0 Å². The summed E-state index contributed by atoms with van der Waals surface area (Å²) in [5.41, 5.74) is 2.32. The Hall–Kier alpha value is -3.02. The highest BCUT2D eigenvalue weighted by Gasteiger charge is 2.23. The van der Waals surface area contributed by atoms with Crippen LogP contribution in [0.3, 0.4) is 0 Å². The highest BCUT2D eigenvalue weighted by Crippen LogP contribution is 2.32. The molecule has 2 aromatic rings. The number of hydrogen-bond acceptors (Lipinski definition) is 4. The normalized spacial score (nSPS) is 15.5. The Morgan fingerprint density at radius 3 is 2.92 bits per heavy atom. The summed E-state index contributed by atoms with van der Waals surface area (Å²) < 4.78 is 11.1. The second kappa shape index (κ2) is 7.91. The van der Waals surface area contributed by atoms with Crippen LogP contribution in [0.15, 0.2) is 42.5 Å². The number of fused-ring (bicyclic) bond motifs is 1. The van der Waals surface area contributed by atoms with E-state index >= 15 is 0 Å². The zero-order valence-corrected chi connectivity index (χ0v) is 14.9. The van der Waals surface area contributed by atoms with Gasteiger partial charge in [-0.3, -0.25) is 9.59 Å². The molecule has 6 nitrogen and oxygen atoms in total. The predicted octanol–water partition coefficient (Wildman–Crippen LogP) is 3.51. The molecule has 0 saturated heterocycles. The highest BCUT2D eigenvalue weighted by atomic mass is 16.5. The third kappa shape index (κ3) is 4.53. The van der Waals surface area contributed by atoms with E-state index in [1.54, 1.807) is 25.1 Å². The number of hydrogen-bond donors (Lipinski definition) is 2. The molecule has 2 N–H and O–H groups in total. The molecule has 136 valence electrons. The molecule has 26 heavy (non-hydrogen) atoms. The van der Waals surface area contributed by atoms with Crippen LogP contribution in [-0.4, -0.2) is 24.5 Å². The topological polar surface area (TPSA) is 76.7 Å². The maximum atomic E-state index is 12.1. The largest absolute Gasteiger partial charge is 0.494 e. The molecule has 0 aliphatic carbocycles. The van der Waals surface area contributed by atoms with E-state index in [1.807, 2.05) is 31.2 Å². The van der Waals surface area contributed by atoms with Crippen molar-refractivity contribution in [2.75, 3.05) is 17.2 Å². The van der Waals surface area contributed by atoms with Gasteiger partial charge in [0.2, 0.25) is 5.91 Å². The lowest BCUT2D eigenvalue weighted by Crippen LogP contribution is -2.34. The maximum Gasteiger partial charge on any atom is 0.265 e. The first-order valence-corrected chi connectivity index (χ1v) is 8.62. The van der Waals surface area contributed by atoms with E-state index in [9.17, 15) is 9.59 Å². The van der Waals surface area contributed by atoms with Crippen molar-refractivity contribution >= 4 is 23.2 Å². The van der Waals surface area contributed by atoms with Crippen molar-refractivity contribution in [3.63, 3.8) is 0 Å². The molecule has 6 heteroatoms. The molecule has 0 radical (unpaired) electrons. The lowest BCUT2D eigenvalue weighted by atomic mass is 10.2. The van der Waals surface area contributed by atoms with E-state index in [0.717, 1.165) is 11.3 Å². The van der Waals surface area contributed by atoms with E-state index in [1.165, 1.54) is 0 Å². The third-order valence-electron chi connectivity index (χ3n) is 4.00. The number of aryl methyl sites for hydroxylation is 1. The Kier molecular flexibility index (Phi) is 5.41. The Morgan fingerprint density at radius 2 is 2.12 bits per heavy atom. The molecule has 0 saturated carbocycles. The molecule has 2 amide bonds. The van der Waals surface area contributed by atoms with Crippen LogP contribution in [0, 0.1) is 6.92 Å². The molecule has 1 aliphatic rings. The minimum Gasteiger partial charge on any atom is -0.494 e. The smallest absolute Gasteiger partial charge is 0.265 e. The number of carbonyl (C=O) groups is 2. The zero-order chi connectivity index (χ0) is 18.5. The van der Waals surface area contributed by atoms with Crippen LogP contribution in [0.4, 0.5) is 11.4 Å². The van der Waals surface area contributed by atoms with E-state index in [-0.39, 0.29) is 11.8 Å². The Balaban J connectivity index is 1.46. The minimum atomic E-state index is -0.517. The molecule has 0 spiro atoms. The van der Waals surface area contributed by atoms with E-state index in [2.05, 4.69) is 10.6 Å². The predicted molar refractivity (Wildman–Crippen MR) is 99.7 cm³/mol. The van der Waals surface area contributed by atoms with Crippen molar-refractivity contribution in [3.8, 4) is 11.5 Å². The Bertz CT molecular complexity index is 819. The third-order valence-corrected chi connectivity index (χ3v) is 4.00. The fraction of sp³-hybridized carbons (Fsp3) is 0.300. The van der Waals surface area contributed by atoms with Crippen molar-refractivity contribution in [2.45, 2.75) is 32.8 Å². The summed E-state index contributed by atoms with van der Waals surface area (Å²) in [5.74, 6) is 1.11. The lowest BCUT2D eigenvalue weighted by molar-refractivity contribution is -0.122. The van der Waals surface area contributed by atoms with Crippen LogP contribution in [-0.2, 0) is 9.59 Å². The number of anilines is 2. The number of ether oxygens (including phenoxy) is 2. The summed E-state index contributed by atoms with van der Waals surface area (Å²) >= 11 is 0. The first kappa shape index (κ1) is 17.8. The molecule has 3 rings (SSSR count). The van der Waals surface area contributed by atoms with Gasteiger partial charge in [0.1, 0.15) is 11.5 Å². The van der Waals surface area contributed by atoms with Crippen molar-refractivity contribution in [1.29, 1.82) is 0 Å². The van der Waals surface area contributed by atoms with Gasteiger partial charge in [0.05, 0.1) is 12.3 Å². The molecule has 0 fully saturated rings. The number of benzene rings is 2. The first-order chi connectivity index (χ1) is 12.5. The molecule has 0 bridgehead atoms. The number of rotatable bonds is 6. The van der Waals surface area contributed by atoms with Crippen molar-refractivity contribution in [1.82, 2.24) is 0 Å². The zero-order valence-electron chi connectivity index (χ0n) is 14.9. The van der Waals surface area contributed by atoms with Gasteiger partial charge in [-0.15, -0.1) is 0 Å². The average Bonchev–Trinajstić information content (AvgIpc) is 2.60. The van der Waals surface area contributed by atoms with Gasteiger partial charge in [-0.05, 0) is 56.2 Å². The molecule has 2 aromatic carbocycles. The molecule has 0 aromatic heterocycles. The quantitative estimate of drug-likeness (QED) is 0.778. The maximum absolute atomic E-state index is 12.1. The molecule has 1 atom stereocenters. The van der Waals surface area contributed by atoms with Gasteiger partial charge < -0.3 is 20.1 Å². The van der Waals surface area contributed by atoms with Gasteiger partial charge in [-0.25, -0.2) is 0 Å². The van der Waals surface area contributed by atoms with Gasteiger partial charge in [0, 0.05) is 12.1 Å². The summed E-state index contributed by atoms with van der Waals surface area (Å²) in [4.78, 5) is 23.7. The lowest BCUT2D eigenvalue weighted by Gasteiger charge is -2.23. The second-order valence-electron chi connectivity index (χ2n) is 6.28. The van der Waals surface area contributed by atoms with Crippen LogP contribution >= 0.6 is 0 Å². The van der Waals surface area contributed by atoms with Crippen molar-refractivity contribution in [2.24, 2.45) is 0 Å². The number of nitrogens with one attached hydrogen (secondary N) is 2. The molecular formula is C20H22N2O4. The minimum absolute atomic E-state index is 0.103. The highest BCUT2D eigenvalue weighted by molar-refractivity contribution is 5.99. The van der Waals surface area contributed by atoms with Gasteiger partial charge >= 0.3 is 0 Å². The Morgan fingerprint density at radius 1 is 1.27 bits per heavy atom. The summed E-state index contributed by atoms with van der Waals surface area (Å²) in [5, 5.41) is 5.59. The van der Waals surface area contributed by atoms with E-state index in [0.29, 0.717) is 36.6 Å². The van der Waals surface area contributed by atoms with Crippen LogP contribution in [0.1, 0.15) is 25.3 Å². The van der Waals surface area contributed by atoms with Gasteiger partial charge in [-0.2, -0.15) is 0 Å². The molecular weight excluding hydrogens is 332 g/mol. The van der Waals surface area contributed by atoms with Crippen molar-refractivity contribution < 1.29 is 19.1 Å². The summed E-state index contributed by atoms with van der Waals surface area (Å²) in [6.45, 7) is 4.17. The molecule has 1 aliphatic heterocycles. The Labute approximate surface area is 152 Å². The summed E-state index contributed by atoms with van der Waals surface area (Å²) in [6, 6.07) is 13.0.